The molecule has 1 aliphatic heterocycles. The maximum absolute atomic E-state index is 13.0. The number of nitrogens with zero attached hydrogens (tertiary/aromatic N) is 4. The molecule has 5 aromatic rings. The Balaban J connectivity index is 1.28. The quantitative estimate of drug-likeness (QED) is 0.302. The zero-order valence-corrected chi connectivity index (χ0v) is 21.1. The number of urea groups is 1. The molecule has 0 atom stereocenters. The van der Waals surface area contributed by atoms with Gasteiger partial charge >= 0.3 is 6.03 Å². The molecule has 6 rings (SSSR count). The van der Waals surface area contributed by atoms with Gasteiger partial charge in [-0.2, -0.15) is 5.10 Å². The second kappa shape index (κ2) is 10.8. The number of amides is 3. The predicted molar refractivity (Wildman–Crippen MR) is 149 cm³/mol. The lowest BCUT2D eigenvalue weighted by Crippen LogP contribution is -2.42. The number of anilines is 2. The Labute approximate surface area is 224 Å². The Hall–Kier alpha value is -4.96. The third-order valence-corrected chi connectivity index (χ3v) is 6.62. The molecule has 10 nitrogen and oxygen atoms in total. The van der Waals surface area contributed by atoms with Crippen LogP contribution in [0.4, 0.5) is 16.2 Å². The van der Waals surface area contributed by atoms with Gasteiger partial charge in [0.15, 0.2) is 0 Å². The van der Waals surface area contributed by atoms with Gasteiger partial charge in [0, 0.05) is 59.6 Å². The van der Waals surface area contributed by atoms with Gasteiger partial charge in [0.05, 0.1) is 13.2 Å². The summed E-state index contributed by atoms with van der Waals surface area (Å²) in [7, 11) is 0. The fourth-order valence-electron chi connectivity index (χ4n) is 4.69. The molecule has 4 heterocycles. The van der Waals surface area contributed by atoms with Gasteiger partial charge in [-0.05, 0) is 42.0 Å². The summed E-state index contributed by atoms with van der Waals surface area (Å²) >= 11 is 0. The van der Waals surface area contributed by atoms with Gasteiger partial charge in [-0.3, -0.25) is 9.48 Å². The lowest BCUT2D eigenvalue weighted by atomic mass is 10.0. The zero-order chi connectivity index (χ0) is 26.6. The molecule has 0 unspecified atom stereocenters. The summed E-state index contributed by atoms with van der Waals surface area (Å²) in [6.07, 6.45) is 5.52. The second-order valence-corrected chi connectivity index (χ2v) is 9.20. The molecule has 0 bridgehead atoms. The number of para-hydroxylation sites is 1. The molecule has 0 saturated carbocycles. The largest absolute Gasteiger partial charge is 0.378 e. The van der Waals surface area contributed by atoms with Gasteiger partial charge in [0.1, 0.15) is 17.9 Å². The van der Waals surface area contributed by atoms with Crippen molar-refractivity contribution in [2.45, 2.75) is 6.54 Å². The Morgan fingerprint density at radius 1 is 0.897 bits per heavy atom. The van der Waals surface area contributed by atoms with Crippen molar-refractivity contribution in [1.29, 1.82) is 0 Å². The van der Waals surface area contributed by atoms with Gasteiger partial charge in [-0.15, -0.1) is 0 Å². The van der Waals surface area contributed by atoms with Gasteiger partial charge in [0.2, 0.25) is 5.91 Å². The van der Waals surface area contributed by atoms with Gasteiger partial charge in [-0.25, -0.2) is 9.78 Å². The van der Waals surface area contributed by atoms with E-state index >= 15 is 0 Å². The molecule has 2 aromatic carbocycles. The number of aromatic amines is 1. The maximum atomic E-state index is 13.0. The van der Waals surface area contributed by atoms with E-state index < -0.39 is 0 Å². The number of rotatable bonds is 6. The van der Waals surface area contributed by atoms with Crippen LogP contribution < -0.4 is 10.6 Å². The van der Waals surface area contributed by atoms with E-state index in [0.717, 1.165) is 33.4 Å². The topological polar surface area (TPSA) is 117 Å². The number of nitrogens with one attached hydrogen (secondary N) is 3. The number of morpholine rings is 1. The molecule has 196 valence electrons. The summed E-state index contributed by atoms with van der Waals surface area (Å²) in [5.74, 6) is 0.00407. The molecule has 1 aliphatic rings. The van der Waals surface area contributed by atoms with Gasteiger partial charge < -0.3 is 25.3 Å². The minimum absolute atomic E-state index is 0.00407. The standard InChI is InChI=1S/C29H27N7O3/c37-26(35-14-16-39-17-15-35)19-36-18-25(23-10-12-30-28-24(23)11-13-31-28)27(34-36)20-6-8-22(9-7-20)33-29(38)32-21-4-2-1-3-5-21/h1-13,18H,14-17,19H2,(H,30,31)(H2,32,33,38). The van der Waals surface area contributed by atoms with Crippen molar-refractivity contribution in [3.05, 3.63) is 85.3 Å². The molecule has 0 aliphatic carbocycles. The van der Waals surface area contributed by atoms with E-state index in [-0.39, 0.29) is 18.5 Å². The normalized spacial score (nSPS) is 13.4. The predicted octanol–water partition coefficient (Wildman–Crippen LogP) is 4.60. The van der Waals surface area contributed by atoms with Crippen molar-refractivity contribution in [3.63, 3.8) is 0 Å². The van der Waals surface area contributed by atoms with E-state index in [0.29, 0.717) is 37.7 Å². The zero-order valence-electron chi connectivity index (χ0n) is 21.1. The number of hydrogen-bond acceptors (Lipinski definition) is 5. The highest BCUT2D eigenvalue weighted by atomic mass is 16.5. The van der Waals surface area contributed by atoms with Crippen molar-refractivity contribution in [1.82, 2.24) is 24.6 Å². The second-order valence-electron chi connectivity index (χ2n) is 9.20. The smallest absolute Gasteiger partial charge is 0.323 e. The number of pyridine rings is 1. The number of carbonyl (C=O) groups excluding carboxylic acids is 2. The average molecular weight is 522 g/mol. The van der Waals surface area contributed by atoms with Crippen LogP contribution in [0.2, 0.25) is 0 Å². The maximum Gasteiger partial charge on any atom is 0.323 e. The average Bonchev–Trinajstić information content (AvgIpc) is 3.62. The van der Waals surface area contributed by atoms with Crippen molar-refractivity contribution in [2.24, 2.45) is 0 Å². The first-order valence-electron chi connectivity index (χ1n) is 12.7. The fraction of sp³-hybridized carbons (Fsp3) is 0.172. The highest BCUT2D eigenvalue weighted by Gasteiger charge is 2.21. The summed E-state index contributed by atoms with van der Waals surface area (Å²) in [5.41, 5.74) is 5.58. The first kappa shape index (κ1) is 24.4. The minimum Gasteiger partial charge on any atom is -0.378 e. The highest BCUT2D eigenvalue weighted by Crippen LogP contribution is 2.35. The highest BCUT2D eigenvalue weighted by molar-refractivity contribution is 6.00. The lowest BCUT2D eigenvalue weighted by molar-refractivity contribution is -0.136. The van der Waals surface area contributed by atoms with Crippen molar-refractivity contribution in [3.8, 4) is 22.4 Å². The van der Waals surface area contributed by atoms with E-state index in [1.165, 1.54) is 0 Å². The molecule has 0 radical (unpaired) electrons. The molecule has 10 heteroatoms. The molecular formula is C29H27N7O3. The number of carbonyl (C=O) groups is 2. The first-order valence-corrected chi connectivity index (χ1v) is 12.7. The van der Waals surface area contributed by atoms with Crippen LogP contribution in [0.1, 0.15) is 0 Å². The molecule has 1 saturated heterocycles. The summed E-state index contributed by atoms with van der Waals surface area (Å²) in [6, 6.07) is 20.4. The van der Waals surface area contributed by atoms with Crippen LogP contribution in [0.15, 0.2) is 85.3 Å². The van der Waals surface area contributed by atoms with Crippen LogP contribution >= 0.6 is 0 Å². The van der Waals surface area contributed by atoms with E-state index in [2.05, 4.69) is 20.6 Å². The van der Waals surface area contributed by atoms with E-state index in [4.69, 9.17) is 9.84 Å². The molecule has 3 N–H and O–H groups in total. The molecular weight excluding hydrogens is 494 g/mol. The number of hydrogen-bond donors (Lipinski definition) is 3. The van der Waals surface area contributed by atoms with Crippen LogP contribution in [-0.4, -0.2) is 62.9 Å². The number of aromatic nitrogens is 4. The monoisotopic (exact) mass is 521 g/mol. The van der Waals surface area contributed by atoms with Crippen LogP contribution in [0, 0.1) is 0 Å². The Bertz CT molecular complexity index is 1600. The Kier molecular flexibility index (Phi) is 6.75. The number of fused-ring (bicyclic) bond motifs is 1. The van der Waals surface area contributed by atoms with E-state index in [1.807, 2.05) is 84.0 Å². The summed E-state index contributed by atoms with van der Waals surface area (Å²) < 4.78 is 7.08. The van der Waals surface area contributed by atoms with Crippen LogP contribution in [0.25, 0.3) is 33.4 Å². The van der Waals surface area contributed by atoms with Crippen LogP contribution in [0.5, 0.6) is 0 Å². The molecule has 3 aromatic heterocycles. The third-order valence-electron chi connectivity index (χ3n) is 6.62. The van der Waals surface area contributed by atoms with Gasteiger partial charge in [-0.1, -0.05) is 30.3 Å². The molecule has 3 amide bonds. The van der Waals surface area contributed by atoms with Crippen molar-refractivity contribution < 1.29 is 14.3 Å². The minimum atomic E-state index is -0.327. The summed E-state index contributed by atoms with van der Waals surface area (Å²) in [4.78, 5) is 34.8. The van der Waals surface area contributed by atoms with Crippen LogP contribution in [-0.2, 0) is 16.1 Å². The van der Waals surface area contributed by atoms with Crippen molar-refractivity contribution >= 4 is 34.3 Å². The summed E-state index contributed by atoms with van der Waals surface area (Å²) in [6.45, 7) is 2.40. The molecule has 39 heavy (non-hydrogen) atoms. The Morgan fingerprint density at radius 2 is 1.64 bits per heavy atom. The summed E-state index contributed by atoms with van der Waals surface area (Å²) in [5, 5.41) is 11.5. The fourth-order valence-corrected chi connectivity index (χ4v) is 4.69. The number of benzene rings is 2. The first-order chi connectivity index (χ1) is 19.1. The Morgan fingerprint density at radius 3 is 2.41 bits per heavy atom. The van der Waals surface area contributed by atoms with Gasteiger partial charge in [0.25, 0.3) is 0 Å². The number of H-pyrrole nitrogens is 1. The number of ether oxygens (including phenoxy) is 1. The van der Waals surface area contributed by atoms with E-state index in [1.54, 1.807) is 10.9 Å². The molecule has 1 fully saturated rings. The third kappa shape index (κ3) is 5.36. The SMILES string of the molecule is O=C(Nc1ccccc1)Nc1ccc(-c2nn(CC(=O)N3CCOCC3)cc2-c2ccnc3[nH]ccc23)cc1. The molecule has 0 spiro atoms. The lowest BCUT2D eigenvalue weighted by Gasteiger charge is -2.26. The van der Waals surface area contributed by atoms with Crippen molar-refractivity contribution in [2.75, 3.05) is 36.9 Å². The van der Waals surface area contributed by atoms with E-state index in [9.17, 15) is 9.59 Å². The van der Waals surface area contributed by atoms with Crippen LogP contribution in [0.3, 0.4) is 0 Å².